The smallest absolute Gasteiger partial charge is 0.227 e. The zero-order valence-corrected chi connectivity index (χ0v) is 17.1. The molecule has 0 saturated carbocycles. The molecule has 7 nitrogen and oxygen atoms in total. The molecular formula is C18H26ClN3O4S. The number of benzene rings is 1. The van der Waals surface area contributed by atoms with Crippen LogP contribution >= 0.6 is 11.6 Å². The lowest BCUT2D eigenvalue weighted by Crippen LogP contribution is -2.42. The molecule has 2 aliphatic heterocycles. The summed E-state index contributed by atoms with van der Waals surface area (Å²) < 4.78 is 30.8. The molecule has 3 rings (SSSR count). The lowest BCUT2D eigenvalue weighted by atomic mass is 9.97. The number of amides is 1. The summed E-state index contributed by atoms with van der Waals surface area (Å²) in [6.07, 6.45) is 1.05. The molecule has 1 amide bonds. The van der Waals surface area contributed by atoms with E-state index < -0.39 is 10.0 Å². The summed E-state index contributed by atoms with van der Waals surface area (Å²) in [4.78, 5) is 14.9. The quantitative estimate of drug-likeness (QED) is 0.797. The van der Waals surface area contributed by atoms with Crippen LogP contribution in [-0.2, 0) is 19.6 Å². The van der Waals surface area contributed by atoms with E-state index >= 15 is 0 Å². The summed E-state index contributed by atoms with van der Waals surface area (Å²) in [5.41, 5.74) is 1.51. The maximum atomic E-state index is 12.8. The number of para-hydroxylation sites is 1. The normalized spacial score (nSPS) is 19.9. The molecule has 1 aromatic rings. The highest BCUT2D eigenvalue weighted by molar-refractivity contribution is 7.89. The van der Waals surface area contributed by atoms with E-state index in [1.165, 1.54) is 4.31 Å². The molecule has 150 valence electrons. The molecule has 2 saturated heterocycles. The lowest BCUT2D eigenvalue weighted by molar-refractivity contribution is -0.120. The summed E-state index contributed by atoms with van der Waals surface area (Å²) in [6, 6.07) is 5.49. The van der Waals surface area contributed by atoms with Gasteiger partial charge in [-0.1, -0.05) is 17.7 Å². The van der Waals surface area contributed by atoms with Crippen LogP contribution in [0.2, 0.25) is 5.02 Å². The van der Waals surface area contributed by atoms with Crippen LogP contribution in [0.3, 0.4) is 0 Å². The molecule has 27 heavy (non-hydrogen) atoms. The van der Waals surface area contributed by atoms with Crippen molar-refractivity contribution in [1.29, 1.82) is 0 Å². The van der Waals surface area contributed by atoms with Gasteiger partial charge in [-0.05, 0) is 31.9 Å². The zero-order chi connectivity index (χ0) is 19.4. The van der Waals surface area contributed by atoms with Gasteiger partial charge in [0.25, 0.3) is 0 Å². The van der Waals surface area contributed by atoms with E-state index in [2.05, 4.69) is 10.2 Å². The van der Waals surface area contributed by atoms with E-state index in [9.17, 15) is 13.2 Å². The number of halogens is 1. The third kappa shape index (κ3) is 4.74. The van der Waals surface area contributed by atoms with Crippen molar-refractivity contribution in [2.45, 2.75) is 19.8 Å². The first-order valence-corrected chi connectivity index (χ1v) is 11.3. The fraction of sp³-hybridized carbons (Fsp3) is 0.611. The third-order valence-corrected chi connectivity index (χ3v) is 7.34. The predicted molar refractivity (Wildman–Crippen MR) is 107 cm³/mol. The Kier molecular flexibility index (Phi) is 6.62. The molecular weight excluding hydrogens is 390 g/mol. The van der Waals surface area contributed by atoms with Crippen LogP contribution in [0, 0.1) is 5.92 Å². The number of ether oxygens (including phenoxy) is 1. The van der Waals surface area contributed by atoms with Crippen molar-refractivity contribution in [3.63, 3.8) is 0 Å². The van der Waals surface area contributed by atoms with Crippen molar-refractivity contribution in [3.8, 4) is 0 Å². The Balaban J connectivity index is 1.67. The molecule has 1 aromatic carbocycles. The fourth-order valence-electron chi connectivity index (χ4n) is 3.54. The van der Waals surface area contributed by atoms with Crippen molar-refractivity contribution < 1.29 is 17.9 Å². The van der Waals surface area contributed by atoms with E-state index in [0.717, 1.165) is 18.8 Å². The Morgan fingerprint density at radius 1 is 1.22 bits per heavy atom. The van der Waals surface area contributed by atoms with Gasteiger partial charge in [-0.3, -0.25) is 4.79 Å². The number of rotatable bonds is 5. The van der Waals surface area contributed by atoms with Crippen LogP contribution in [0.25, 0.3) is 0 Å². The molecule has 0 radical (unpaired) electrons. The molecule has 2 aliphatic rings. The number of hydrogen-bond acceptors (Lipinski definition) is 5. The molecule has 0 aliphatic carbocycles. The minimum Gasteiger partial charge on any atom is -0.378 e. The SMILES string of the molecule is CCS(=O)(=O)N1CCC(C(=O)Nc2cccc(Cl)c2N2CCOCC2)CC1. The van der Waals surface area contributed by atoms with Crippen LogP contribution in [0.5, 0.6) is 0 Å². The van der Waals surface area contributed by atoms with Gasteiger partial charge in [0.1, 0.15) is 0 Å². The number of nitrogens with zero attached hydrogens (tertiary/aromatic N) is 2. The number of piperidine rings is 1. The average molecular weight is 416 g/mol. The van der Waals surface area contributed by atoms with E-state index in [4.69, 9.17) is 16.3 Å². The zero-order valence-electron chi connectivity index (χ0n) is 15.5. The number of morpholine rings is 1. The number of carbonyl (C=O) groups excluding carboxylic acids is 1. The number of sulfonamides is 1. The first-order chi connectivity index (χ1) is 12.9. The van der Waals surface area contributed by atoms with Crippen LogP contribution in [0.1, 0.15) is 19.8 Å². The van der Waals surface area contributed by atoms with Gasteiger partial charge in [0, 0.05) is 32.1 Å². The monoisotopic (exact) mass is 415 g/mol. The Bertz CT molecular complexity index is 773. The number of hydrogen-bond donors (Lipinski definition) is 1. The summed E-state index contributed by atoms with van der Waals surface area (Å²) >= 11 is 6.41. The molecule has 1 N–H and O–H groups in total. The molecule has 2 fully saturated rings. The maximum absolute atomic E-state index is 12.8. The summed E-state index contributed by atoms with van der Waals surface area (Å²) in [6.45, 7) is 5.12. The van der Waals surface area contributed by atoms with Crippen LogP contribution in [0.4, 0.5) is 11.4 Å². The van der Waals surface area contributed by atoms with E-state index in [0.29, 0.717) is 49.9 Å². The molecule has 0 atom stereocenters. The Morgan fingerprint density at radius 3 is 2.52 bits per heavy atom. The summed E-state index contributed by atoms with van der Waals surface area (Å²) in [5.74, 6) is -0.194. The van der Waals surface area contributed by atoms with Gasteiger partial charge in [-0.2, -0.15) is 0 Å². The predicted octanol–water partition coefficient (Wildman–Crippen LogP) is 2.18. The van der Waals surface area contributed by atoms with Crippen molar-refractivity contribution >= 4 is 38.9 Å². The summed E-state index contributed by atoms with van der Waals surface area (Å²) in [7, 11) is -3.19. The van der Waals surface area contributed by atoms with E-state index in [-0.39, 0.29) is 17.6 Å². The van der Waals surface area contributed by atoms with Crippen LogP contribution in [0.15, 0.2) is 18.2 Å². The first kappa shape index (κ1) is 20.4. The minimum absolute atomic E-state index is 0.0830. The van der Waals surface area contributed by atoms with Gasteiger partial charge in [-0.15, -0.1) is 0 Å². The molecule has 0 bridgehead atoms. The van der Waals surface area contributed by atoms with Gasteiger partial charge in [0.15, 0.2) is 0 Å². The number of anilines is 2. The van der Waals surface area contributed by atoms with Crippen LogP contribution in [-0.4, -0.2) is 63.8 Å². The largest absolute Gasteiger partial charge is 0.378 e. The first-order valence-electron chi connectivity index (χ1n) is 9.32. The van der Waals surface area contributed by atoms with Gasteiger partial charge in [-0.25, -0.2) is 12.7 Å². The van der Waals surface area contributed by atoms with Crippen molar-refractivity contribution in [2.24, 2.45) is 5.92 Å². The molecule has 0 aromatic heterocycles. The van der Waals surface area contributed by atoms with Crippen molar-refractivity contribution in [1.82, 2.24) is 4.31 Å². The highest BCUT2D eigenvalue weighted by Gasteiger charge is 2.30. The number of carbonyl (C=O) groups is 1. The highest BCUT2D eigenvalue weighted by Crippen LogP contribution is 2.35. The highest BCUT2D eigenvalue weighted by atomic mass is 35.5. The molecule has 0 unspecified atom stereocenters. The number of nitrogens with one attached hydrogen (secondary N) is 1. The Labute approximate surface area is 165 Å². The fourth-order valence-corrected chi connectivity index (χ4v) is 4.96. The Morgan fingerprint density at radius 2 is 1.89 bits per heavy atom. The Hall–Kier alpha value is -1.35. The summed E-state index contributed by atoms with van der Waals surface area (Å²) in [5, 5.41) is 3.61. The van der Waals surface area contributed by atoms with Gasteiger partial charge in [0.2, 0.25) is 15.9 Å². The van der Waals surface area contributed by atoms with Gasteiger partial charge < -0.3 is 15.0 Å². The minimum atomic E-state index is -3.19. The lowest BCUT2D eigenvalue weighted by Gasteiger charge is -2.32. The second-order valence-corrected chi connectivity index (χ2v) is 9.46. The molecule has 9 heteroatoms. The van der Waals surface area contributed by atoms with Gasteiger partial charge in [0.05, 0.1) is 35.4 Å². The van der Waals surface area contributed by atoms with E-state index in [1.807, 2.05) is 18.2 Å². The van der Waals surface area contributed by atoms with E-state index in [1.54, 1.807) is 6.92 Å². The molecule has 2 heterocycles. The molecule has 0 spiro atoms. The standard InChI is InChI=1S/C18H26ClN3O4S/c1-2-27(24,25)22-8-6-14(7-9-22)18(23)20-16-5-3-4-15(19)17(16)21-10-12-26-13-11-21/h3-5,14H,2,6-13H2,1H3,(H,20,23). The maximum Gasteiger partial charge on any atom is 0.227 e. The second-order valence-electron chi connectivity index (χ2n) is 6.80. The topological polar surface area (TPSA) is 79.0 Å². The van der Waals surface area contributed by atoms with Gasteiger partial charge >= 0.3 is 0 Å². The third-order valence-electron chi connectivity index (χ3n) is 5.15. The second kappa shape index (κ2) is 8.77. The average Bonchev–Trinajstić information content (AvgIpc) is 2.69. The van der Waals surface area contributed by atoms with Crippen LogP contribution < -0.4 is 10.2 Å². The van der Waals surface area contributed by atoms with Crippen molar-refractivity contribution in [2.75, 3.05) is 55.4 Å². The van der Waals surface area contributed by atoms with Crippen molar-refractivity contribution in [3.05, 3.63) is 23.2 Å².